The molecule has 0 aliphatic carbocycles. The Labute approximate surface area is 201 Å². The van der Waals surface area contributed by atoms with Crippen molar-refractivity contribution in [2.45, 2.75) is 26.7 Å². The fourth-order valence-corrected chi connectivity index (χ4v) is 4.93. The lowest BCUT2D eigenvalue weighted by atomic mass is 10.0. The minimum Gasteiger partial charge on any atom is -0.481 e. The smallest absolute Gasteiger partial charge is 0.303 e. The molecule has 1 aliphatic rings. The van der Waals surface area contributed by atoms with Gasteiger partial charge in [-0.05, 0) is 50.1 Å². The summed E-state index contributed by atoms with van der Waals surface area (Å²) in [7, 11) is 0. The van der Waals surface area contributed by atoms with Crippen LogP contribution >= 0.6 is 24.0 Å². The van der Waals surface area contributed by atoms with Crippen molar-refractivity contribution in [2.24, 2.45) is 0 Å². The number of aliphatic carboxylic acids is 1. The molecule has 6 nitrogen and oxygen atoms in total. The summed E-state index contributed by atoms with van der Waals surface area (Å²) in [4.78, 5) is 25.8. The van der Waals surface area contributed by atoms with E-state index in [0.29, 0.717) is 22.2 Å². The topological polar surface area (TPSA) is 75.4 Å². The van der Waals surface area contributed by atoms with Crippen molar-refractivity contribution in [1.29, 1.82) is 0 Å². The molecule has 0 spiro atoms. The number of rotatable bonds is 7. The van der Waals surface area contributed by atoms with Crippen molar-refractivity contribution in [3.8, 4) is 16.9 Å². The minimum absolute atomic E-state index is 0.00324. The lowest BCUT2D eigenvalue weighted by Gasteiger charge is -2.13. The molecule has 1 N–H and O–H groups in total. The number of carbonyl (C=O) groups is 2. The van der Waals surface area contributed by atoms with Gasteiger partial charge in [-0.25, -0.2) is 4.68 Å². The van der Waals surface area contributed by atoms with Crippen LogP contribution in [-0.2, 0) is 9.59 Å². The number of carbonyl (C=O) groups excluding carboxylic acids is 1. The molecule has 1 amide bonds. The van der Waals surface area contributed by atoms with E-state index in [-0.39, 0.29) is 12.3 Å². The van der Waals surface area contributed by atoms with Gasteiger partial charge in [0.05, 0.1) is 10.6 Å². The maximum atomic E-state index is 13.0. The van der Waals surface area contributed by atoms with Crippen molar-refractivity contribution < 1.29 is 14.7 Å². The highest BCUT2D eigenvalue weighted by Gasteiger charge is 2.32. The average Bonchev–Trinajstić information content (AvgIpc) is 3.32. The number of hydrogen-bond donors (Lipinski definition) is 1. The number of hydrogen-bond acceptors (Lipinski definition) is 5. The van der Waals surface area contributed by atoms with Gasteiger partial charge in [-0.1, -0.05) is 59.9 Å². The van der Waals surface area contributed by atoms with E-state index < -0.39 is 5.97 Å². The summed E-state index contributed by atoms with van der Waals surface area (Å²) in [5, 5.41) is 13.7. The highest BCUT2D eigenvalue weighted by Crippen LogP contribution is 2.35. The van der Waals surface area contributed by atoms with Gasteiger partial charge in [0.25, 0.3) is 5.91 Å². The molecule has 0 radical (unpaired) electrons. The van der Waals surface area contributed by atoms with E-state index in [9.17, 15) is 9.59 Å². The number of nitrogens with zero attached hydrogens (tertiary/aromatic N) is 3. The molecule has 0 saturated carbocycles. The number of thiocarbonyl (C=S) groups is 1. The number of thioether (sulfide) groups is 1. The fraction of sp³-hybridized carbons (Fsp3) is 0.200. The average molecular weight is 478 g/mol. The van der Waals surface area contributed by atoms with Gasteiger partial charge >= 0.3 is 5.97 Å². The highest BCUT2D eigenvalue weighted by molar-refractivity contribution is 8.26. The fourth-order valence-electron chi connectivity index (χ4n) is 3.63. The van der Waals surface area contributed by atoms with E-state index in [1.54, 1.807) is 0 Å². The molecule has 3 aromatic rings. The Balaban J connectivity index is 1.74. The predicted octanol–water partition coefficient (Wildman–Crippen LogP) is 5.22. The third kappa shape index (κ3) is 5.07. The zero-order chi connectivity index (χ0) is 23.5. The molecule has 168 valence electrons. The van der Waals surface area contributed by atoms with E-state index in [1.165, 1.54) is 16.7 Å². The zero-order valence-electron chi connectivity index (χ0n) is 18.3. The molecular formula is C25H23N3O3S2. The summed E-state index contributed by atoms with van der Waals surface area (Å²) in [5.41, 5.74) is 5.75. The van der Waals surface area contributed by atoms with Crippen LogP contribution in [0.3, 0.4) is 0 Å². The first-order chi connectivity index (χ1) is 15.8. The number of amides is 1. The van der Waals surface area contributed by atoms with E-state index in [4.69, 9.17) is 22.4 Å². The number of aromatic nitrogens is 2. The Hall–Kier alpha value is -3.23. The lowest BCUT2D eigenvalue weighted by Crippen LogP contribution is -2.29. The van der Waals surface area contributed by atoms with Crippen LogP contribution in [0.4, 0.5) is 0 Å². The SMILES string of the molecule is Cc1ccc(C)c(-c2nn(-c3ccccc3)cc2C=C2SC(=S)N(CCCC(=O)O)C2=O)c1. The van der Waals surface area contributed by atoms with E-state index in [2.05, 4.69) is 18.2 Å². The molecule has 33 heavy (non-hydrogen) atoms. The van der Waals surface area contributed by atoms with Gasteiger partial charge < -0.3 is 5.11 Å². The normalized spacial score (nSPS) is 15.0. The standard InChI is InChI=1S/C25H23N3O3S2/c1-16-10-11-17(2)20(13-16)23-18(15-28(26-23)19-7-4-3-5-8-19)14-21-24(31)27(25(32)33-21)12-6-9-22(29)30/h3-5,7-8,10-11,13-15H,6,9,12H2,1-2H3,(H,29,30). The van der Waals surface area contributed by atoms with E-state index >= 15 is 0 Å². The molecular weight excluding hydrogens is 454 g/mol. The summed E-state index contributed by atoms with van der Waals surface area (Å²) >= 11 is 6.63. The predicted molar refractivity (Wildman–Crippen MR) is 135 cm³/mol. The quantitative estimate of drug-likeness (QED) is 0.371. The first kappa shape index (κ1) is 22.9. The van der Waals surface area contributed by atoms with Crippen LogP contribution < -0.4 is 0 Å². The second-order valence-corrected chi connectivity index (χ2v) is 9.54. The Kier molecular flexibility index (Phi) is 6.76. The summed E-state index contributed by atoms with van der Waals surface area (Å²) in [6, 6.07) is 16.0. The monoisotopic (exact) mass is 477 g/mol. The van der Waals surface area contributed by atoms with Crippen molar-refractivity contribution in [1.82, 2.24) is 14.7 Å². The molecule has 1 aliphatic heterocycles. The molecule has 0 bridgehead atoms. The second-order valence-electron chi connectivity index (χ2n) is 7.86. The highest BCUT2D eigenvalue weighted by atomic mass is 32.2. The van der Waals surface area contributed by atoms with Crippen LogP contribution in [0, 0.1) is 13.8 Å². The number of benzene rings is 2. The molecule has 2 heterocycles. The molecule has 1 fully saturated rings. The van der Waals surface area contributed by atoms with Gasteiger partial charge in [-0.2, -0.15) is 5.10 Å². The minimum atomic E-state index is -0.887. The number of carboxylic acid groups (broad SMARTS) is 1. The summed E-state index contributed by atoms with van der Waals surface area (Å²) in [6.07, 6.45) is 4.11. The van der Waals surface area contributed by atoms with Gasteiger partial charge in [0, 0.05) is 30.3 Å². The van der Waals surface area contributed by atoms with Gasteiger partial charge in [0.15, 0.2) is 0 Å². The third-order valence-corrected chi connectivity index (χ3v) is 6.72. The maximum absolute atomic E-state index is 13.0. The Morgan fingerprint density at radius 2 is 1.94 bits per heavy atom. The van der Waals surface area contributed by atoms with Crippen molar-refractivity contribution in [2.75, 3.05) is 6.54 Å². The second kappa shape index (κ2) is 9.72. The van der Waals surface area contributed by atoms with Gasteiger partial charge in [-0.3, -0.25) is 14.5 Å². The lowest BCUT2D eigenvalue weighted by molar-refractivity contribution is -0.137. The first-order valence-corrected chi connectivity index (χ1v) is 11.8. The van der Waals surface area contributed by atoms with Crippen molar-refractivity contribution >= 4 is 46.3 Å². The maximum Gasteiger partial charge on any atom is 0.303 e. The number of aryl methyl sites for hydroxylation is 2. The molecule has 2 aromatic carbocycles. The van der Waals surface area contributed by atoms with Crippen LogP contribution in [-0.4, -0.2) is 42.5 Å². The zero-order valence-corrected chi connectivity index (χ0v) is 19.9. The summed E-state index contributed by atoms with van der Waals surface area (Å²) < 4.78 is 2.26. The number of para-hydroxylation sites is 1. The molecule has 1 saturated heterocycles. The molecule has 8 heteroatoms. The molecule has 4 rings (SSSR count). The van der Waals surface area contributed by atoms with Gasteiger partial charge in [0.2, 0.25) is 0 Å². The van der Waals surface area contributed by atoms with Crippen LogP contribution in [0.25, 0.3) is 23.0 Å². The summed E-state index contributed by atoms with van der Waals surface area (Å²) in [6.45, 7) is 4.38. The van der Waals surface area contributed by atoms with Crippen LogP contribution in [0.2, 0.25) is 0 Å². The van der Waals surface area contributed by atoms with Crippen LogP contribution in [0.15, 0.2) is 59.6 Å². The third-order valence-electron chi connectivity index (χ3n) is 5.34. The van der Waals surface area contributed by atoms with Crippen molar-refractivity contribution in [3.63, 3.8) is 0 Å². The van der Waals surface area contributed by atoms with E-state index in [0.717, 1.165) is 33.6 Å². The molecule has 0 atom stereocenters. The van der Waals surface area contributed by atoms with Gasteiger partial charge in [-0.15, -0.1) is 0 Å². The Bertz CT molecular complexity index is 1270. The van der Waals surface area contributed by atoms with Gasteiger partial charge in [0.1, 0.15) is 10.0 Å². The molecule has 1 aromatic heterocycles. The Morgan fingerprint density at radius 1 is 1.18 bits per heavy atom. The number of carboxylic acids is 1. The Morgan fingerprint density at radius 3 is 2.67 bits per heavy atom. The summed E-state index contributed by atoms with van der Waals surface area (Å²) in [5.74, 6) is -1.09. The largest absolute Gasteiger partial charge is 0.481 e. The first-order valence-electron chi connectivity index (χ1n) is 10.5. The van der Waals surface area contributed by atoms with E-state index in [1.807, 2.05) is 61.1 Å². The molecule has 0 unspecified atom stereocenters. The van der Waals surface area contributed by atoms with Crippen LogP contribution in [0.1, 0.15) is 29.5 Å². The van der Waals surface area contributed by atoms with Crippen molar-refractivity contribution in [3.05, 3.63) is 76.3 Å². The van der Waals surface area contributed by atoms with Crippen LogP contribution in [0.5, 0.6) is 0 Å².